The number of hydrogen-bond donors (Lipinski definition) is 2. The fourth-order valence-electron chi connectivity index (χ4n) is 3.24. The molecule has 1 aliphatic rings. The number of amides is 1. The van der Waals surface area contributed by atoms with E-state index in [0.717, 1.165) is 26.9 Å². The summed E-state index contributed by atoms with van der Waals surface area (Å²) >= 11 is 3.38. The van der Waals surface area contributed by atoms with Crippen LogP contribution >= 0.6 is 15.9 Å². The Labute approximate surface area is 159 Å². The van der Waals surface area contributed by atoms with Gasteiger partial charge in [-0.1, -0.05) is 57.9 Å². The van der Waals surface area contributed by atoms with Gasteiger partial charge in [0, 0.05) is 22.0 Å². The number of aromatic nitrogens is 2. The minimum Gasteiger partial charge on any atom is -0.309 e. The smallest absolute Gasteiger partial charge is 0.226 e. The highest BCUT2D eigenvalue weighted by atomic mass is 79.9. The van der Waals surface area contributed by atoms with Crippen LogP contribution in [-0.4, -0.2) is 21.9 Å². The molecule has 0 unspecified atom stereocenters. The average Bonchev–Trinajstić information content (AvgIpc) is 3.05. The molecule has 3 aromatic rings. The van der Waals surface area contributed by atoms with Gasteiger partial charge in [0.1, 0.15) is 0 Å². The fraction of sp³-hybridized carbons (Fsp3) is 0.150. The number of fused-ring (bicyclic) bond motifs is 1. The summed E-state index contributed by atoms with van der Waals surface area (Å²) in [5.41, 5.74) is 4.19. The standard InChI is InChI=1S/C20H16BrN3O2/c1-11-2-4-12(5-3-11)18-17-15(10-16(25)22-20(17)24-23-18)19(26)13-6-8-14(21)9-7-13/h2-9,15H,10H2,1H3,(H2,22,23,24,25)/t15-/m0/s1. The van der Waals surface area contributed by atoms with E-state index >= 15 is 0 Å². The Kier molecular flexibility index (Phi) is 4.20. The first-order valence-corrected chi connectivity index (χ1v) is 9.07. The molecule has 0 bridgehead atoms. The minimum atomic E-state index is -0.560. The Balaban J connectivity index is 1.80. The number of aryl methyl sites for hydroxylation is 1. The maximum absolute atomic E-state index is 13.1. The summed E-state index contributed by atoms with van der Waals surface area (Å²) in [4.78, 5) is 25.2. The lowest BCUT2D eigenvalue weighted by Gasteiger charge is -2.22. The van der Waals surface area contributed by atoms with Crippen LogP contribution in [0.2, 0.25) is 0 Å². The second-order valence-electron chi connectivity index (χ2n) is 6.40. The van der Waals surface area contributed by atoms with Crippen LogP contribution in [0.3, 0.4) is 0 Å². The molecule has 2 aromatic carbocycles. The number of benzene rings is 2. The summed E-state index contributed by atoms with van der Waals surface area (Å²) in [5, 5.41) is 9.99. The molecule has 130 valence electrons. The molecule has 0 fully saturated rings. The Morgan fingerprint density at radius 2 is 1.81 bits per heavy atom. The van der Waals surface area contributed by atoms with Gasteiger partial charge in [-0.3, -0.25) is 14.7 Å². The number of anilines is 1. The molecule has 0 saturated carbocycles. The Bertz CT molecular complexity index is 991. The zero-order valence-corrected chi connectivity index (χ0v) is 15.6. The van der Waals surface area contributed by atoms with Crippen LogP contribution in [0.15, 0.2) is 53.0 Å². The monoisotopic (exact) mass is 409 g/mol. The highest BCUT2D eigenvalue weighted by Gasteiger charge is 2.35. The van der Waals surface area contributed by atoms with Crippen molar-refractivity contribution in [1.29, 1.82) is 0 Å². The van der Waals surface area contributed by atoms with Gasteiger partial charge in [0.15, 0.2) is 11.6 Å². The number of nitrogens with zero attached hydrogens (tertiary/aromatic N) is 1. The molecular weight excluding hydrogens is 394 g/mol. The van der Waals surface area contributed by atoms with Crippen molar-refractivity contribution in [2.24, 2.45) is 0 Å². The van der Waals surface area contributed by atoms with Crippen molar-refractivity contribution in [2.75, 3.05) is 5.32 Å². The van der Waals surface area contributed by atoms with Gasteiger partial charge in [-0.15, -0.1) is 0 Å². The zero-order valence-electron chi connectivity index (χ0n) is 14.0. The summed E-state index contributed by atoms with van der Waals surface area (Å²) < 4.78 is 0.903. The third-order valence-corrected chi connectivity index (χ3v) is 5.11. The summed E-state index contributed by atoms with van der Waals surface area (Å²) in [6.07, 6.45) is 0.111. The predicted molar refractivity (Wildman–Crippen MR) is 103 cm³/mol. The molecule has 2 heterocycles. The number of halogens is 1. The number of ketones is 1. The largest absolute Gasteiger partial charge is 0.309 e. The second kappa shape index (κ2) is 6.53. The second-order valence-corrected chi connectivity index (χ2v) is 7.32. The Morgan fingerprint density at radius 3 is 2.50 bits per heavy atom. The van der Waals surface area contributed by atoms with E-state index in [0.29, 0.717) is 11.4 Å². The van der Waals surface area contributed by atoms with E-state index in [9.17, 15) is 9.59 Å². The molecule has 0 aliphatic carbocycles. The topological polar surface area (TPSA) is 74.8 Å². The van der Waals surface area contributed by atoms with Gasteiger partial charge in [0.2, 0.25) is 5.91 Å². The highest BCUT2D eigenvalue weighted by molar-refractivity contribution is 9.10. The van der Waals surface area contributed by atoms with Crippen LogP contribution in [-0.2, 0) is 4.79 Å². The van der Waals surface area contributed by atoms with Crippen molar-refractivity contribution >= 4 is 33.4 Å². The van der Waals surface area contributed by atoms with E-state index in [-0.39, 0.29) is 18.1 Å². The van der Waals surface area contributed by atoms with Crippen LogP contribution in [0.5, 0.6) is 0 Å². The van der Waals surface area contributed by atoms with Gasteiger partial charge < -0.3 is 5.32 Å². The third-order valence-electron chi connectivity index (χ3n) is 4.59. The molecule has 1 amide bonds. The molecule has 1 aliphatic heterocycles. The molecule has 0 radical (unpaired) electrons. The molecule has 5 nitrogen and oxygen atoms in total. The van der Waals surface area contributed by atoms with Crippen molar-refractivity contribution < 1.29 is 9.59 Å². The van der Waals surface area contributed by atoms with Gasteiger partial charge >= 0.3 is 0 Å². The summed E-state index contributed by atoms with van der Waals surface area (Å²) in [6, 6.07) is 15.2. The Hall–Kier alpha value is -2.73. The van der Waals surface area contributed by atoms with Crippen molar-refractivity contribution in [3.63, 3.8) is 0 Å². The van der Waals surface area contributed by atoms with Gasteiger partial charge in [-0.2, -0.15) is 5.10 Å². The zero-order chi connectivity index (χ0) is 18.3. The number of Topliss-reactive ketones (excluding diaryl/α,β-unsaturated/α-hetero) is 1. The van der Waals surface area contributed by atoms with Gasteiger partial charge in [-0.25, -0.2) is 0 Å². The predicted octanol–water partition coefficient (Wildman–Crippen LogP) is 4.46. The van der Waals surface area contributed by atoms with Crippen LogP contribution in [0.1, 0.15) is 33.8 Å². The minimum absolute atomic E-state index is 0.0802. The quantitative estimate of drug-likeness (QED) is 0.627. The lowest BCUT2D eigenvalue weighted by molar-refractivity contribution is -0.116. The van der Waals surface area contributed by atoms with Crippen molar-refractivity contribution in [1.82, 2.24) is 10.2 Å². The molecule has 2 N–H and O–H groups in total. The number of rotatable bonds is 3. The number of hydrogen-bond acceptors (Lipinski definition) is 3. The Morgan fingerprint density at radius 1 is 1.12 bits per heavy atom. The van der Waals surface area contributed by atoms with Gasteiger partial charge in [-0.05, 0) is 24.6 Å². The summed E-state index contributed by atoms with van der Waals surface area (Å²) in [7, 11) is 0. The van der Waals surface area contributed by atoms with Crippen LogP contribution in [0.4, 0.5) is 5.82 Å². The van der Waals surface area contributed by atoms with Crippen molar-refractivity contribution in [3.05, 3.63) is 69.7 Å². The molecule has 0 spiro atoms. The van der Waals surface area contributed by atoms with Crippen molar-refractivity contribution in [3.8, 4) is 11.3 Å². The molecule has 0 saturated heterocycles. The van der Waals surface area contributed by atoms with E-state index in [1.807, 2.05) is 43.3 Å². The number of carbonyl (C=O) groups is 2. The SMILES string of the molecule is Cc1ccc(-c2[nH]nc3c2[C@@H](C(=O)c2ccc(Br)cc2)CC(=O)N3)cc1. The van der Waals surface area contributed by atoms with Crippen LogP contribution in [0, 0.1) is 6.92 Å². The average molecular weight is 410 g/mol. The molecular formula is C20H16BrN3O2. The first-order chi connectivity index (χ1) is 12.5. The highest BCUT2D eigenvalue weighted by Crippen LogP contribution is 2.39. The normalized spacial score (nSPS) is 16.1. The third kappa shape index (κ3) is 2.97. The lowest BCUT2D eigenvalue weighted by atomic mass is 9.84. The van der Waals surface area contributed by atoms with Crippen LogP contribution < -0.4 is 5.32 Å². The fourth-order valence-corrected chi connectivity index (χ4v) is 3.50. The van der Waals surface area contributed by atoms with Gasteiger partial charge in [0.05, 0.1) is 11.6 Å². The molecule has 6 heteroatoms. The van der Waals surface area contributed by atoms with Crippen molar-refractivity contribution in [2.45, 2.75) is 19.3 Å². The van der Waals surface area contributed by atoms with Crippen LogP contribution in [0.25, 0.3) is 11.3 Å². The number of carbonyl (C=O) groups excluding carboxylic acids is 2. The van der Waals surface area contributed by atoms with Gasteiger partial charge in [0.25, 0.3) is 0 Å². The maximum Gasteiger partial charge on any atom is 0.226 e. The summed E-state index contributed by atoms with van der Waals surface area (Å²) in [6.45, 7) is 2.02. The van der Waals surface area contributed by atoms with E-state index in [4.69, 9.17) is 0 Å². The lowest BCUT2D eigenvalue weighted by Crippen LogP contribution is -2.27. The maximum atomic E-state index is 13.1. The molecule has 26 heavy (non-hydrogen) atoms. The van der Waals surface area contributed by atoms with E-state index in [2.05, 4.69) is 31.4 Å². The first kappa shape index (κ1) is 16.7. The number of nitrogens with one attached hydrogen (secondary N) is 2. The first-order valence-electron chi connectivity index (χ1n) is 8.28. The van der Waals surface area contributed by atoms with E-state index in [1.165, 1.54) is 0 Å². The molecule has 1 atom stereocenters. The number of aromatic amines is 1. The number of H-pyrrole nitrogens is 1. The molecule has 1 aromatic heterocycles. The molecule has 4 rings (SSSR count). The summed E-state index contributed by atoms with van der Waals surface area (Å²) in [5.74, 6) is -0.402. The van der Waals surface area contributed by atoms with E-state index < -0.39 is 5.92 Å². The van der Waals surface area contributed by atoms with E-state index in [1.54, 1.807) is 12.1 Å².